The fourth-order valence-corrected chi connectivity index (χ4v) is 0. The van der Waals surface area contributed by atoms with E-state index in [1.165, 1.54) is 0 Å². The maximum atomic E-state index is 7.40. The zero-order chi connectivity index (χ0) is 7.00. The van der Waals surface area contributed by atoms with Crippen molar-refractivity contribution in [2.24, 2.45) is 0 Å². The van der Waals surface area contributed by atoms with E-state index in [0.29, 0.717) is 0 Å². The minimum Gasteiger partial charge on any atom is -0.250 e. The average Bonchev–Trinajstić information content (AvgIpc) is 1.25. The highest BCUT2D eigenvalue weighted by Crippen LogP contribution is 2.17. The van der Waals surface area contributed by atoms with Gasteiger partial charge in [-0.15, -0.1) is 0 Å². The summed E-state index contributed by atoms with van der Waals surface area (Å²) in [6, 6.07) is 0. The summed E-state index contributed by atoms with van der Waals surface area (Å²) >= 11 is 0. The van der Waals surface area contributed by atoms with Gasteiger partial charge in [-0.25, -0.2) is 11.5 Å². The molecule has 0 amide bonds. The Kier molecular flexibility index (Phi) is 1.69. The largest absolute Gasteiger partial charge is 0.250 e. The third-order valence-electron chi connectivity index (χ3n) is 1.56. The third kappa shape index (κ3) is 1.80. The van der Waals surface area contributed by atoms with Crippen LogP contribution in [-0.2, 0) is 0 Å². The lowest BCUT2D eigenvalue weighted by Crippen LogP contribution is -2.47. The van der Waals surface area contributed by atoms with Gasteiger partial charge in [-0.3, -0.25) is 0 Å². The second-order valence-electron chi connectivity index (χ2n) is 3.25. The molecule has 0 saturated carbocycles. The summed E-state index contributed by atoms with van der Waals surface area (Å²) in [5.41, 5.74) is 13.5. The second kappa shape index (κ2) is 1.71. The van der Waals surface area contributed by atoms with Crippen LogP contribution in [0.4, 0.5) is 0 Å². The summed E-state index contributed by atoms with van der Waals surface area (Å²) in [5.74, 6) is 0. The summed E-state index contributed by atoms with van der Waals surface area (Å²) in [5, 5.41) is 0. The minimum absolute atomic E-state index is 0.646. The summed E-state index contributed by atoms with van der Waals surface area (Å²) in [6.45, 7) is 7.00. The van der Waals surface area contributed by atoms with E-state index in [-0.39, 0.29) is 0 Å². The van der Waals surface area contributed by atoms with Gasteiger partial charge >= 0.3 is 0 Å². The fourth-order valence-electron chi connectivity index (χ4n) is 0. The normalized spacial score (nSPS) is 14.2. The topological polar surface area (TPSA) is 47.6 Å². The van der Waals surface area contributed by atoms with Crippen molar-refractivity contribution in [3.8, 4) is 0 Å². The van der Waals surface area contributed by atoms with Crippen molar-refractivity contribution in [2.75, 3.05) is 0 Å². The zero-order valence-electron chi connectivity index (χ0n) is 6.00. The molecule has 0 unspecified atom stereocenters. The summed E-state index contributed by atoms with van der Waals surface area (Å²) < 4.78 is 0. The molecule has 0 aliphatic rings. The molecule has 0 spiro atoms. The monoisotopic (exact) mass is 114 g/mol. The Labute approximate surface area is 51.2 Å². The molecule has 0 saturated heterocycles. The first-order chi connectivity index (χ1) is 3.25. The lowest BCUT2D eigenvalue weighted by Gasteiger charge is -2.32. The van der Waals surface area contributed by atoms with Crippen LogP contribution in [0.25, 0.3) is 0 Å². The SMILES string of the molecule is CC(C)([NH])C(C)(C)[NH]. The van der Waals surface area contributed by atoms with Crippen LogP contribution in [-0.4, -0.2) is 11.1 Å². The van der Waals surface area contributed by atoms with Gasteiger partial charge in [-0.05, 0) is 27.7 Å². The van der Waals surface area contributed by atoms with E-state index in [2.05, 4.69) is 0 Å². The maximum absolute atomic E-state index is 7.40. The van der Waals surface area contributed by atoms with Crippen molar-refractivity contribution in [1.29, 1.82) is 0 Å². The molecule has 2 radical (unpaired) electrons. The number of hydrogen-bond donors (Lipinski definition) is 0. The van der Waals surface area contributed by atoms with E-state index in [4.69, 9.17) is 11.5 Å². The van der Waals surface area contributed by atoms with Crippen molar-refractivity contribution in [3.63, 3.8) is 0 Å². The molecule has 0 atom stereocenters. The Bertz CT molecular complexity index is 61.5. The van der Waals surface area contributed by atoms with E-state index in [0.717, 1.165) is 0 Å². The van der Waals surface area contributed by atoms with Gasteiger partial charge in [0.15, 0.2) is 0 Å². The van der Waals surface area contributed by atoms with Gasteiger partial charge in [0.05, 0.1) is 0 Å². The Balaban J connectivity index is 4.02. The lowest BCUT2D eigenvalue weighted by atomic mass is 9.85. The molecule has 8 heavy (non-hydrogen) atoms. The molecule has 0 rings (SSSR count). The summed E-state index contributed by atoms with van der Waals surface area (Å²) in [6.07, 6.45) is 0. The van der Waals surface area contributed by atoms with Gasteiger partial charge in [0.25, 0.3) is 0 Å². The lowest BCUT2D eigenvalue weighted by molar-refractivity contribution is 0.288. The van der Waals surface area contributed by atoms with Crippen LogP contribution in [0.2, 0.25) is 0 Å². The molecule has 0 bridgehead atoms. The predicted octanol–water partition coefficient (Wildman–Crippen LogP) is 1.11. The number of nitrogens with one attached hydrogen (secondary N) is 2. The molecule has 2 N–H and O–H groups in total. The molecular weight excluding hydrogens is 100 g/mol. The molecule has 0 heterocycles. The van der Waals surface area contributed by atoms with Gasteiger partial charge in [0.2, 0.25) is 0 Å². The molecule has 0 aromatic rings. The van der Waals surface area contributed by atoms with Gasteiger partial charge < -0.3 is 0 Å². The van der Waals surface area contributed by atoms with Crippen LogP contribution < -0.4 is 11.5 Å². The maximum Gasteiger partial charge on any atom is 0.0456 e. The molecule has 0 aliphatic heterocycles. The molecule has 0 aromatic carbocycles. The average molecular weight is 114 g/mol. The van der Waals surface area contributed by atoms with Crippen LogP contribution in [0.1, 0.15) is 27.7 Å². The van der Waals surface area contributed by atoms with Crippen molar-refractivity contribution in [2.45, 2.75) is 38.8 Å². The second-order valence-corrected chi connectivity index (χ2v) is 3.25. The van der Waals surface area contributed by atoms with Gasteiger partial charge in [-0.1, -0.05) is 0 Å². The highest BCUT2D eigenvalue weighted by atomic mass is 14.9. The van der Waals surface area contributed by atoms with Gasteiger partial charge in [0.1, 0.15) is 0 Å². The third-order valence-corrected chi connectivity index (χ3v) is 1.56. The number of rotatable bonds is 1. The first kappa shape index (κ1) is 7.92. The van der Waals surface area contributed by atoms with Crippen LogP contribution >= 0.6 is 0 Å². The van der Waals surface area contributed by atoms with E-state index in [1.807, 2.05) is 0 Å². The Hall–Kier alpha value is -0.0800. The van der Waals surface area contributed by atoms with Gasteiger partial charge in [-0.2, -0.15) is 0 Å². The zero-order valence-corrected chi connectivity index (χ0v) is 6.00. The first-order valence-electron chi connectivity index (χ1n) is 2.75. The van der Waals surface area contributed by atoms with Crippen LogP contribution in [0.15, 0.2) is 0 Å². The smallest absolute Gasteiger partial charge is 0.0456 e. The molecule has 2 nitrogen and oxygen atoms in total. The fraction of sp³-hybridized carbons (Fsp3) is 1.00. The molecular formula is C6H14N2. The minimum atomic E-state index is -0.646. The van der Waals surface area contributed by atoms with E-state index < -0.39 is 11.1 Å². The van der Waals surface area contributed by atoms with Crippen LogP contribution in [0, 0.1) is 0 Å². The van der Waals surface area contributed by atoms with Crippen molar-refractivity contribution in [1.82, 2.24) is 11.5 Å². The highest BCUT2D eigenvalue weighted by molar-refractivity contribution is 4.92. The van der Waals surface area contributed by atoms with Crippen molar-refractivity contribution in [3.05, 3.63) is 0 Å². The Morgan fingerprint density at radius 1 is 0.750 bits per heavy atom. The summed E-state index contributed by atoms with van der Waals surface area (Å²) in [4.78, 5) is 0. The number of hydrogen-bond acceptors (Lipinski definition) is 0. The Morgan fingerprint density at radius 2 is 0.875 bits per heavy atom. The van der Waals surface area contributed by atoms with Gasteiger partial charge in [0, 0.05) is 11.1 Å². The van der Waals surface area contributed by atoms with E-state index >= 15 is 0 Å². The van der Waals surface area contributed by atoms with Crippen molar-refractivity contribution >= 4 is 0 Å². The van der Waals surface area contributed by atoms with Crippen molar-refractivity contribution < 1.29 is 0 Å². The van der Waals surface area contributed by atoms with Crippen LogP contribution in [0.3, 0.4) is 0 Å². The van der Waals surface area contributed by atoms with E-state index in [9.17, 15) is 0 Å². The molecule has 0 aromatic heterocycles. The molecule has 2 heteroatoms. The molecule has 0 aliphatic carbocycles. The van der Waals surface area contributed by atoms with Crippen LogP contribution in [0.5, 0.6) is 0 Å². The Morgan fingerprint density at radius 3 is 0.875 bits per heavy atom. The van der Waals surface area contributed by atoms with E-state index in [1.54, 1.807) is 27.7 Å². The summed E-state index contributed by atoms with van der Waals surface area (Å²) in [7, 11) is 0. The first-order valence-corrected chi connectivity index (χ1v) is 2.75. The highest BCUT2D eigenvalue weighted by Gasteiger charge is 2.30. The standard InChI is InChI=1S/C6H14N2/c1-5(2,7)6(3,4)8/h7-8H,1-4H3. The molecule has 0 fully saturated rings. The molecule has 48 valence electrons. The quantitative estimate of drug-likeness (QED) is 0.490. The predicted molar refractivity (Wildman–Crippen MR) is 34.4 cm³/mol.